The fourth-order valence-electron chi connectivity index (χ4n) is 2.77. The molecule has 0 aromatic heterocycles. The Kier molecular flexibility index (Phi) is 8.81. The van der Waals surface area contributed by atoms with Gasteiger partial charge in [-0.05, 0) is 56.5 Å². The lowest BCUT2D eigenvalue weighted by molar-refractivity contribution is -0.125. The van der Waals surface area contributed by atoms with Gasteiger partial charge >= 0.3 is 0 Å². The van der Waals surface area contributed by atoms with Gasteiger partial charge in [0.15, 0.2) is 11.5 Å². The molecule has 0 atom stereocenters. The van der Waals surface area contributed by atoms with Crippen LogP contribution in [0.25, 0.3) is 0 Å². The fourth-order valence-corrected chi connectivity index (χ4v) is 2.77. The summed E-state index contributed by atoms with van der Waals surface area (Å²) in [5, 5.41) is 6.33. The van der Waals surface area contributed by atoms with Crippen molar-refractivity contribution >= 4 is 18.3 Å². The summed E-state index contributed by atoms with van der Waals surface area (Å²) >= 11 is 0. The van der Waals surface area contributed by atoms with Gasteiger partial charge in [0.2, 0.25) is 5.91 Å². The first-order valence-corrected chi connectivity index (χ1v) is 7.94. The van der Waals surface area contributed by atoms with E-state index >= 15 is 0 Å². The van der Waals surface area contributed by atoms with Gasteiger partial charge in [0.1, 0.15) is 0 Å². The summed E-state index contributed by atoms with van der Waals surface area (Å²) in [6.45, 7) is 2.62. The van der Waals surface area contributed by atoms with Gasteiger partial charge in [-0.15, -0.1) is 12.4 Å². The van der Waals surface area contributed by atoms with Crippen molar-refractivity contribution in [2.75, 3.05) is 33.9 Å². The van der Waals surface area contributed by atoms with Crippen LogP contribution in [0.4, 0.5) is 0 Å². The number of ether oxygens (including phenoxy) is 2. The zero-order valence-corrected chi connectivity index (χ0v) is 14.7. The maximum absolute atomic E-state index is 12.0. The van der Waals surface area contributed by atoms with Crippen LogP contribution in [0.2, 0.25) is 0 Å². The van der Waals surface area contributed by atoms with Gasteiger partial charge in [0.05, 0.1) is 14.2 Å². The summed E-state index contributed by atoms with van der Waals surface area (Å²) in [4.78, 5) is 12.0. The lowest BCUT2D eigenvalue weighted by Gasteiger charge is -2.21. The Labute approximate surface area is 144 Å². The quantitative estimate of drug-likeness (QED) is 0.746. The highest BCUT2D eigenvalue weighted by molar-refractivity contribution is 5.85. The van der Waals surface area contributed by atoms with Crippen molar-refractivity contribution in [3.8, 4) is 11.5 Å². The van der Waals surface area contributed by atoms with Gasteiger partial charge in [-0.1, -0.05) is 6.07 Å². The predicted molar refractivity (Wildman–Crippen MR) is 93.7 cm³/mol. The highest BCUT2D eigenvalue weighted by Gasteiger charge is 2.20. The number of amides is 1. The standard InChI is InChI=1S/C17H26N2O3.ClH/c1-21-15-6-5-13(12-16(15)22-2)4-3-9-19-17(20)14-7-10-18-11-8-14;/h5-6,12,14,18H,3-4,7-11H2,1-2H3,(H,19,20);1H. The molecule has 1 aromatic rings. The Bertz CT molecular complexity index is 491. The number of piperidine rings is 1. The molecule has 1 fully saturated rings. The normalized spacial score (nSPS) is 14.7. The molecule has 0 spiro atoms. The molecule has 1 amide bonds. The van der Waals surface area contributed by atoms with Gasteiger partial charge in [-0.3, -0.25) is 4.79 Å². The van der Waals surface area contributed by atoms with Crippen LogP contribution in [0.5, 0.6) is 11.5 Å². The summed E-state index contributed by atoms with van der Waals surface area (Å²) in [6, 6.07) is 5.95. The smallest absolute Gasteiger partial charge is 0.223 e. The first-order chi connectivity index (χ1) is 10.7. The molecule has 2 rings (SSSR count). The zero-order chi connectivity index (χ0) is 15.8. The van der Waals surface area contributed by atoms with Crippen LogP contribution in [0.1, 0.15) is 24.8 Å². The lowest BCUT2D eigenvalue weighted by Crippen LogP contribution is -2.38. The highest BCUT2D eigenvalue weighted by Crippen LogP contribution is 2.27. The molecule has 0 bridgehead atoms. The summed E-state index contributed by atoms with van der Waals surface area (Å²) in [5.41, 5.74) is 1.19. The van der Waals surface area contributed by atoms with Gasteiger partial charge in [0, 0.05) is 12.5 Å². The second-order valence-electron chi connectivity index (χ2n) is 5.61. The van der Waals surface area contributed by atoms with Gasteiger partial charge < -0.3 is 20.1 Å². The van der Waals surface area contributed by atoms with E-state index in [9.17, 15) is 4.79 Å². The third kappa shape index (κ3) is 5.92. The van der Waals surface area contributed by atoms with Crippen LogP contribution in [0, 0.1) is 5.92 Å². The number of methoxy groups -OCH3 is 2. The van der Waals surface area contributed by atoms with E-state index in [1.54, 1.807) is 14.2 Å². The largest absolute Gasteiger partial charge is 0.493 e. The average Bonchev–Trinajstić information content (AvgIpc) is 2.59. The summed E-state index contributed by atoms with van der Waals surface area (Å²) in [5.74, 6) is 1.88. The third-order valence-electron chi connectivity index (χ3n) is 4.10. The number of benzene rings is 1. The monoisotopic (exact) mass is 342 g/mol. The first kappa shape index (κ1) is 19.6. The van der Waals surface area contributed by atoms with Crippen molar-refractivity contribution in [3.05, 3.63) is 23.8 Å². The summed E-state index contributed by atoms with van der Waals surface area (Å²) < 4.78 is 10.5. The number of halogens is 1. The van der Waals surface area contributed by atoms with Crippen molar-refractivity contribution in [3.63, 3.8) is 0 Å². The molecule has 0 unspecified atom stereocenters. The predicted octanol–water partition coefficient (Wildman–Crippen LogP) is 2.17. The minimum absolute atomic E-state index is 0. The SMILES string of the molecule is COc1ccc(CCCNC(=O)C2CCNCC2)cc1OC.Cl. The Morgan fingerprint density at radius 1 is 1.22 bits per heavy atom. The molecular weight excluding hydrogens is 316 g/mol. The average molecular weight is 343 g/mol. The second kappa shape index (κ2) is 10.3. The van der Waals surface area contributed by atoms with Crippen molar-refractivity contribution in [2.24, 2.45) is 5.92 Å². The van der Waals surface area contributed by atoms with E-state index in [0.29, 0.717) is 0 Å². The topological polar surface area (TPSA) is 59.6 Å². The molecule has 1 aromatic carbocycles. The van der Waals surface area contributed by atoms with Gasteiger partial charge in [-0.2, -0.15) is 0 Å². The molecule has 5 nitrogen and oxygen atoms in total. The van der Waals surface area contributed by atoms with Crippen molar-refractivity contribution < 1.29 is 14.3 Å². The molecule has 0 saturated carbocycles. The molecule has 1 heterocycles. The maximum atomic E-state index is 12.0. The molecule has 1 aliphatic heterocycles. The van der Waals surface area contributed by atoms with E-state index in [1.165, 1.54) is 5.56 Å². The highest BCUT2D eigenvalue weighted by atomic mass is 35.5. The molecular formula is C17H27ClN2O3. The molecule has 130 valence electrons. The van der Waals surface area contributed by atoms with E-state index in [-0.39, 0.29) is 24.2 Å². The van der Waals surface area contributed by atoms with E-state index in [2.05, 4.69) is 10.6 Å². The molecule has 6 heteroatoms. The Morgan fingerprint density at radius 3 is 2.57 bits per heavy atom. The molecule has 1 saturated heterocycles. The van der Waals surface area contributed by atoms with Crippen LogP contribution in [0.15, 0.2) is 18.2 Å². The van der Waals surface area contributed by atoms with E-state index < -0.39 is 0 Å². The van der Waals surface area contributed by atoms with E-state index in [1.807, 2.05) is 18.2 Å². The van der Waals surface area contributed by atoms with E-state index in [4.69, 9.17) is 9.47 Å². The Hall–Kier alpha value is -1.46. The lowest BCUT2D eigenvalue weighted by atomic mass is 9.97. The first-order valence-electron chi connectivity index (χ1n) is 7.94. The minimum Gasteiger partial charge on any atom is -0.493 e. The summed E-state index contributed by atoms with van der Waals surface area (Å²) in [6.07, 6.45) is 3.72. The van der Waals surface area contributed by atoms with Crippen molar-refractivity contribution in [2.45, 2.75) is 25.7 Å². The molecule has 1 aliphatic rings. The van der Waals surface area contributed by atoms with Crippen molar-refractivity contribution in [1.82, 2.24) is 10.6 Å². The number of rotatable bonds is 7. The number of nitrogens with one attached hydrogen (secondary N) is 2. The number of hydrogen-bond acceptors (Lipinski definition) is 4. The van der Waals surface area contributed by atoms with Crippen LogP contribution >= 0.6 is 12.4 Å². The summed E-state index contributed by atoms with van der Waals surface area (Å²) in [7, 11) is 3.27. The Balaban J connectivity index is 0.00000264. The molecule has 0 aliphatic carbocycles. The second-order valence-corrected chi connectivity index (χ2v) is 5.61. The van der Waals surface area contributed by atoms with Crippen molar-refractivity contribution in [1.29, 1.82) is 0 Å². The van der Waals surface area contributed by atoms with E-state index in [0.717, 1.165) is 56.8 Å². The number of hydrogen-bond donors (Lipinski definition) is 2. The molecule has 2 N–H and O–H groups in total. The Morgan fingerprint density at radius 2 is 1.91 bits per heavy atom. The molecule has 23 heavy (non-hydrogen) atoms. The van der Waals surface area contributed by atoms with Crippen LogP contribution in [0.3, 0.4) is 0 Å². The molecule has 0 radical (unpaired) electrons. The van der Waals surface area contributed by atoms with Gasteiger partial charge in [0.25, 0.3) is 0 Å². The number of aryl methyl sites for hydroxylation is 1. The minimum atomic E-state index is 0. The van der Waals surface area contributed by atoms with Crippen LogP contribution in [-0.4, -0.2) is 39.8 Å². The third-order valence-corrected chi connectivity index (χ3v) is 4.10. The number of carbonyl (C=O) groups is 1. The zero-order valence-electron chi connectivity index (χ0n) is 13.9. The van der Waals surface area contributed by atoms with Crippen LogP contribution < -0.4 is 20.1 Å². The van der Waals surface area contributed by atoms with Crippen LogP contribution in [-0.2, 0) is 11.2 Å². The maximum Gasteiger partial charge on any atom is 0.223 e. The fraction of sp³-hybridized carbons (Fsp3) is 0.588. The number of carbonyl (C=O) groups excluding carboxylic acids is 1. The van der Waals surface area contributed by atoms with Gasteiger partial charge in [-0.25, -0.2) is 0 Å².